The summed E-state index contributed by atoms with van der Waals surface area (Å²) >= 11 is 0. The van der Waals surface area contributed by atoms with Crippen LogP contribution in [0.15, 0.2) is 18.2 Å². The third kappa shape index (κ3) is 1.54. The molecule has 1 heterocycles. The van der Waals surface area contributed by atoms with E-state index < -0.39 is 0 Å². The van der Waals surface area contributed by atoms with E-state index >= 15 is 0 Å². The lowest BCUT2D eigenvalue weighted by Gasteiger charge is -2.09. The molecule has 0 saturated heterocycles. The Hall–Kier alpha value is -1.28. The summed E-state index contributed by atoms with van der Waals surface area (Å²) in [4.78, 5) is 0. The van der Waals surface area contributed by atoms with Crippen LogP contribution in [0.5, 0.6) is 0 Å². The van der Waals surface area contributed by atoms with Crippen molar-refractivity contribution in [1.82, 2.24) is 4.57 Å². The third-order valence-corrected chi connectivity index (χ3v) is 3.47. The first-order valence-electron chi connectivity index (χ1n) is 5.98. The predicted molar refractivity (Wildman–Crippen MR) is 69.8 cm³/mol. The van der Waals surface area contributed by atoms with E-state index in [0.717, 1.165) is 13.0 Å². The molecule has 1 aromatic heterocycles. The Kier molecular flexibility index (Phi) is 3.01. The van der Waals surface area contributed by atoms with Crippen LogP contribution in [0.2, 0.25) is 0 Å². The van der Waals surface area contributed by atoms with Gasteiger partial charge in [-0.2, -0.15) is 0 Å². The lowest BCUT2D eigenvalue weighted by atomic mass is 10.1. The number of hydrogen-bond acceptors (Lipinski definition) is 1. The number of para-hydroxylation sites is 1. The fraction of sp³-hybridized carbons (Fsp3) is 0.429. The summed E-state index contributed by atoms with van der Waals surface area (Å²) in [7, 11) is 0. The average Bonchev–Trinajstić information content (AvgIpc) is 2.55. The minimum Gasteiger partial charge on any atom is -0.343 e. The van der Waals surface area contributed by atoms with Crippen LogP contribution in [-0.2, 0) is 13.0 Å². The molecule has 0 saturated carbocycles. The molecule has 0 radical (unpaired) electrons. The van der Waals surface area contributed by atoms with Gasteiger partial charge in [-0.15, -0.1) is 0 Å². The summed E-state index contributed by atoms with van der Waals surface area (Å²) in [5, 5.41) is 1.38. The first-order chi connectivity index (χ1) is 7.70. The molecule has 0 amide bonds. The van der Waals surface area contributed by atoms with Crippen molar-refractivity contribution in [2.24, 2.45) is 5.73 Å². The van der Waals surface area contributed by atoms with E-state index in [2.05, 4.69) is 43.5 Å². The van der Waals surface area contributed by atoms with Crippen molar-refractivity contribution in [2.45, 2.75) is 33.7 Å². The Morgan fingerprint density at radius 1 is 1.25 bits per heavy atom. The van der Waals surface area contributed by atoms with Crippen molar-refractivity contribution >= 4 is 10.9 Å². The number of fused-ring (bicyclic) bond motifs is 1. The van der Waals surface area contributed by atoms with Gasteiger partial charge < -0.3 is 10.3 Å². The highest BCUT2D eigenvalue weighted by atomic mass is 15.0. The zero-order chi connectivity index (χ0) is 11.7. The maximum Gasteiger partial charge on any atom is 0.0518 e. The fourth-order valence-corrected chi connectivity index (χ4v) is 2.47. The van der Waals surface area contributed by atoms with Crippen molar-refractivity contribution in [3.8, 4) is 0 Å². The largest absolute Gasteiger partial charge is 0.343 e. The topological polar surface area (TPSA) is 30.9 Å². The number of hydrogen-bond donors (Lipinski definition) is 1. The van der Waals surface area contributed by atoms with Gasteiger partial charge in [-0.25, -0.2) is 0 Å². The first-order valence-corrected chi connectivity index (χ1v) is 5.98. The summed E-state index contributed by atoms with van der Waals surface area (Å²) in [5.41, 5.74) is 11.2. The first kappa shape index (κ1) is 11.2. The van der Waals surface area contributed by atoms with E-state index in [1.165, 1.54) is 27.7 Å². The van der Waals surface area contributed by atoms with Gasteiger partial charge in [0, 0.05) is 24.2 Å². The lowest BCUT2D eigenvalue weighted by Crippen LogP contribution is -2.11. The summed E-state index contributed by atoms with van der Waals surface area (Å²) in [6, 6.07) is 6.58. The summed E-state index contributed by atoms with van der Waals surface area (Å²) in [6.07, 6.45) is 1.07. The highest BCUT2D eigenvalue weighted by Gasteiger charge is 2.12. The van der Waals surface area contributed by atoms with Crippen LogP contribution in [0.3, 0.4) is 0 Å². The molecule has 2 nitrogen and oxygen atoms in total. The molecule has 0 atom stereocenters. The normalized spacial score (nSPS) is 11.2. The van der Waals surface area contributed by atoms with Crippen molar-refractivity contribution in [1.29, 1.82) is 0 Å². The van der Waals surface area contributed by atoms with Gasteiger partial charge >= 0.3 is 0 Å². The van der Waals surface area contributed by atoms with Crippen LogP contribution in [0.4, 0.5) is 0 Å². The Morgan fingerprint density at radius 3 is 2.62 bits per heavy atom. The van der Waals surface area contributed by atoms with Gasteiger partial charge in [0.1, 0.15) is 0 Å². The Labute approximate surface area is 97.1 Å². The number of benzene rings is 1. The van der Waals surface area contributed by atoms with E-state index in [1.54, 1.807) is 0 Å². The number of nitrogens with two attached hydrogens (primary N) is 1. The highest BCUT2D eigenvalue weighted by molar-refractivity contribution is 5.88. The standard InChI is InChI=1S/C14H20N2/c1-4-12-6-5-7-13-10(2)11(3)16(9-8-15)14(12)13/h5-7H,4,8-9,15H2,1-3H3. The molecule has 1 aromatic carbocycles. The molecule has 0 spiro atoms. The Balaban J connectivity index is 2.80. The minimum atomic E-state index is 0.697. The van der Waals surface area contributed by atoms with Crippen molar-refractivity contribution in [3.63, 3.8) is 0 Å². The summed E-state index contributed by atoms with van der Waals surface area (Å²) < 4.78 is 2.36. The van der Waals surface area contributed by atoms with Crippen LogP contribution >= 0.6 is 0 Å². The second-order valence-electron chi connectivity index (χ2n) is 4.32. The van der Waals surface area contributed by atoms with Gasteiger partial charge in [0.05, 0.1) is 5.52 Å². The molecule has 16 heavy (non-hydrogen) atoms. The van der Waals surface area contributed by atoms with Crippen molar-refractivity contribution in [3.05, 3.63) is 35.0 Å². The molecule has 0 aliphatic heterocycles. The van der Waals surface area contributed by atoms with E-state index in [0.29, 0.717) is 6.54 Å². The van der Waals surface area contributed by atoms with Gasteiger partial charge in [0.2, 0.25) is 0 Å². The number of aromatic nitrogens is 1. The van der Waals surface area contributed by atoms with Gasteiger partial charge in [-0.1, -0.05) is 25.1 Å². The predicted octanol–water partition coefficient (Wildman–Crippen LogP) is 2.78. The molecule has 0 aliphatic rings. The molecule has 0 bridgehead atoms. The molecule has 2 N–H and O–H groups in total. The Bertz CT molecular complexity index is 509. The van der Waals surface area contributed by atoms with Crippen LogP contribution in [0.1, 0.15) is 23.7 Å². The van der Waals surface area contributed by atoms with Crippen LogP contribution < -0.4 is 5.73 Å². The van der Waals surface area contributed by atoms with E-state index in [9.17, 15) is 0 Å². The van der Waals surface area contributed by atoms with E-state index in [-0.39, 0.29) is 0 Å². The molecule has 0 fully saturated rings. The SMILES string of the molecule is CCc1cccc2c(C)c(C)n(CCN)c12. The van der Waals surface area contributed by atoms with Gasteiger partial charge in [-0.3, -0.25) is 0 Å². The zero-order valence-electron chi connectivity index (χ0n) is 10.4. The van der Waals surface area contributed by atoms with Crippen LogP contribution in [-0.4, -0.2) is 11.1 Å². The molecule has 0 unspecified atom stereocenters. The second kappa shape index (κ2) is 4.30. The molecular formula is C14H20N2. The van der Waals surface area contributed by atoms with E-state index in [1.807, 2.05) is 0 Å². The smallest absolute Gasteiger partial charge is 0.0518 e. The molecule has 86 valence electrons. The quantitative estimate of drug-likeness (QED) is 0.840. The zero-order valence-corrected chi connectivity index (χ0v) is 10.4. The minimum absolute atomic E-state index is 0.697. The second-order valence-corrected chi connectivity index (χ2v) is 4.32. The monoisotopic (exact) mass is 216 g/mol. The van der Waals surface area contributed by atoms with Gasteiger partial charge in [0.25, 0.3) is 0 Å². The maximum absolute atomic E-state index is 5.70. The van der Waals surface area contributed by atoms with Gasteiger partial charge in [0.15, 0.2) is 0 Å². The molecular weight excluding hydrogens is 196 g/mol. The fourth-order valence-electron chi connectivity index (χ4n) is 2.47. The van der Waals surface area contributed by atoms with Gasteiger partial charge in [-0.05, 0) is 31.4 Å². The van der Waals surface area contributed by atoms with E-state index in [4.69, 9.17) is 5.73 Å². The Morgan fingerprint density at radius 2 is 2.00 bits per heavy atom. The lowest BCUT2D eigenvalue weighted by molar-refractivity contribution is 0.710. The summed E-state index contributed by atoms with van der Waals surface area (Å²) in [5.74, 6) is 0. The molecule has 0 aliphatic carbocycles. The number of rotatable bonds is 3. The van der Waals surface area contributed by atoms with Crippen LogP contribution in [0, 0.1) is 13.8 Å². The molecule has 2 aromatic rings. The number of nitrogens with zero attached hydrogens (tertiary/aromatic N) is 1. The molecule has 2 heteroatoms. The maximum atomic E-state index is 5.70. The summed E-state index contributed by atoms with van der Waals surface area (Å²) in [6.45, 7) is 8.20. The van der Waals surface area contributed by atoms with Crippen molar-refractivity contribution in [2.75, 3.05) is 6.54 Å². The number of aryl methyl sites for hydroxylation is 2. The van der Waals surface area contributed by atoms with Crippen molar-refractivity contribution < 1.29 is 0 Å². The van der Waals surface area contributed by atoms with Crippen LogP contribution in [0.25, 0.3) is 10.9 Å². The molecule has 2 rings (SSSR count). The third-order valence-electron chi connectivity index (χ3n) is 3.47. The highest BCUT2D eigenvalue weighted by Crippen LogP contribution is 2.28. The average molecular weight is 216 g/mol.